The lowest BCUT2D eigenvalue weighted by molar-refractivity contribution is 0.610. The number of fused-ring (bicyclic) bond motifs is 2. The van der Waals surface area contributed by atoms with Crippen LogP contribution >= 0.6 is 10.7 Å². The molecule has 0 saturated carbocycles. The minimum atomic E-state index is -3.87. The molecule has 0 aromatic heterocycles. The number of hydrogen-bond donors (Lipinski definition) is 0. The molecular weight excluding hydrogens is 340 g/mol. The summed E-state index contributed by atoms with van der Waals surface area (Å²) in [7, 11) is 1.87. The van der Waals surface area contributed by atoms with E-state index in [1.807, 2.05) is 66.7 Å². The van der Waals surface area contributed by atoms with Gasteiger partial charge in [-0.25, -0.2) is 8.42 Å². The van der Waals surface area contributed by atoms with Crippen molar-refractivity contribution in [3.63, 3.8) is 0 Å². The Balaban J connectivity index is 2.23. The minimum absolute atomic E-state index is 0.138. The summed E-state index contributed by atoms with van der Waals surface area (Å²) in [6.07, 6.45) is 0. The van der Waals surface area contributed by atoms with Crippen LogP contribution in [0.15, 0.2) is 83.8 Å². The Morgan fingerprint density at radius 3 is 1.92 bits per heavy atom. The molecule has 0 unspecified atom stereocenters. The van der Waals surface area contributed by atoms with Crippen LogP contribution in [-0.2, 0) is 9.05 Å². The summed E-state index contributed by atoms with van der Waals surface area (Å²) in [5.41, 5.74) is 1.52. The van der Waals surface area contributed by atoms with Gasteiger partial charge >= 0.3 is 0 Å². The second-order valence-corrected chi connectivity index (χ2v) is 8.16. The molecule has 0 spiro atoms. The van der Waals surface area contributed by atoms with Crippen molar-refractivity contribution < 1.29 is 8.42 Å². The Morgan fingerprint density at radius 1 is 0.625 bits per heavy atom. The molecule has 0 atom stereocenters. The van der Waals surface area contributed by atoms with Crippen LogP contribution in [0.3, 0.4) is 0 Å². The van der Waals surface area contributed by atoms with Crippen LogP contribution in [0.1, 0.15) is 0 Å². The highest BCUT2D eigenvalue weighted by atomic mass is 35.7. The Bertz CT molecular complexity index is 1180. The van der Waals surface area contributed by atoms with E-state index >= 15 is 0 Å². The maximum Gasteiger partial charge on any atom is 0.261 e. The Morgan fingerprint density at radius 2 is 1.21 bits per heavy atom. The Kier molecular flexibility index (Phi) is 3.56. The van der Waals surface area contributed by atoms with Gasteiger partial charge in [0, 0.05) is 16.2 Å². The van der Waals surface area contributed by atoms with E-state index in [0.29, 0.717) is 5.56 Å². The first kappa shape index (κ1) is 15.2. The minimum Gasteiger partial charge on any atom is -0.207 e. The molecule has 0 bridgehead atoms. The van der Waals surface area contributed by atoms with Crippen molar-refractivity contribution in [2.24, 2.45) is 0 Å². The van der Waals surface area contributed by atoms with Crippen molar-refractivity contribution >= 4 is 41.3 Å². The highest BCUT2D eigenvalue weighted by Crippen LogP contribution is 2.39. The molecule has 4 aromatic rings. The van der Waals surface area contributed by atoms with Crippen LogP contribution in [0.2, 0.25) is 0 Å². The van der Waals surface area contributed by atoms with Gasteiger partial charge in [-0.1, -0.05) is 72.8 Å². The normalized spacial score (nSPS) is 11.9. The van der Waals surface area contributed by atoms with E-state index in [-0.39, 0.29) is 4.90 Å². The summed E-state index contributed by atoms with van der Waals surface area (Å²) in [6.45, 7) is 0. The van der Waals surface area contributed by atoms with Gasteiger partial charge < -0.3 is 0 Å². The molecule has 0 fully saturated rings. The standard InChI is InChI=1S/C20H13ClO2S/c21-24(22,23)19-13-12-15-7-2-4-10-17(15)20(19)18-11-5-8-14-6-1-3-9-16(14)18/h1-13H. The average Bonchev–Trinajstić information content (AvgIpc) is 2.59. The second kappa shape index (κ2) is 5.62. The number of hydrogen-bond acceptors (Lipinski definition) is 2. The predicted octanol–water partition coefficient (Wildman–Crippen LogP) is 5.59. The summed E-state index contributed by atoms with van der Waals surface area (Å²) in [6, 6.07) is 24.9. The lowest BCUT2D eigenvalue weighted by Crippen LogP contribution is -1.96. The molecule has 4 heteroatoms. The molecule has 0 N–H and O–H groups in total. The molecule has 0 radical (unpaired) electrons. The monoisotopic (exact) mass is 352 g/mol. The third-order valence-electron chi connectivity index (χ3n) is 4.21. The number of halogens is 1. The largest absolute Gasteiger partial charge is 0.261 e. The maximum atomic E-state index is 12.2. The van der Waals surface area contributed by atoms with Crippen molar-refractivity contribution in [3.8, 4) is 11.1 Å². The van der Waals surface area contributed by atoms with Gasteiger partial charge in [-0.05, 0) is 33.2 Å². The van der Waals surface area contributed by atoms with Crippen LogP contribution in [0, 0.1) is 0 Å². The molecule has 0 saturated heterocycles. The van der Waals surface area contributed by atoms with Crippen molar-refractivity contribution in [1.29, 1.82) is 0 Å². The zero-order chi connectivity index (χ0) is 16.7. The average molecular weight is 353 g/mol. The predicted molar refractivity (Wildman–Crippen MR) is 99.9 cm³/mol. The van der Waals surface area contributed by atoms with E-state index in [1.165, 1.54) is 0 Å². The van der Waals surface area contributed by atoms with Crippen molar-refractivity contribution in [3.05, 3.63) is 78.9 Å². The van der Waals surface area contributed by atoms with E-state index < -0.39 is 9.05 Å². The lowest BCUT2D eigenvalue weighted by Gasteiger charge is -2.14. The first-order chi connectivity index (χ1) is 11.6. The molecule has 0 aliphatic heterocycles. The zero-order valence-corrected chi connectivity index (χ0v) is 14.2. The van der Waals surface area contributed by atoms with E-state index in [4.69, 9.17) is 10.7 Å². The van der Waals surface area contributed by atoms with Crippen LogP contribution in [0.5, 0.6) is 0 Å². The summed E-state index contributed by atoms with van der Waals surface area (Å²) in [5.74, 6) is 0. The van der Waals surface area contributed by atoms with Gasteiger partial charge in [0.2, 0.25) is 0 Å². The van der Waals surface area contributed by atoms with Gasteiger partial charge in [0.25, 0.3) is 9.05 Å². The maximum absolute atomic E-state index is 12.2. The fourth-order valence-corrected chi connectivity index (χ4v) is 4.26. The first-order valence-corrected chi connectivity index (χ1v) is 9.81. The molecule has 4 rings (SSSR count). The molecule has 2 nitrogen and oxygen atoms in total. The molecular formula is C20H13ClO2S. The van der Waals surface area contributed by atoms with Gasteiger partial charge in [0.05, 0.1) is 4.90 Å². The molecule has 4 aromatic carbocycles. The molecule has 0 amide bonds. The van der Waals surface area contributed by atoms with Crippen LogP contribution < -0.4 is 0 Å². The SMILES string of the molecule is O=S(=O)(Cl)c1ccc2ccccc2c1-c1cccc2ccccc12. The van der Waals surface area contributed by atoms with Gasteiger partial charge in [0.15, 0.2) is 0 Å². The second-order valence-electron chi connectivity index (χ2n) is 5.62. The molecule has 0 aliphatic carbocycles. The lowest BCUT2D eigenvalue weighted by atomic mass is 9.94. The fourth-order valence-electron chi connectivity index (χ4n) is 3.18. The van der Waals surface area contributed by atoms with Crippen LogP contribution in [0.25, 0.3) is 32.7 Å². The smallest absolute Gasteiger partial charge is 0.207 e. The summed E-state index contributed by atoms with van der Waals surface area (Å²) in [5, 5.41) is 3.90. The van der Waals surface area contributed by atoms with Crippen LogP contribution in [-0.4, -0.2) is 8.42 Å². The van der Waals surface area contributed by atoms with Crippen LogP contribution in [0.4, 0.5) is 0 Å². The number of rotatable bonds is 2. The Hall–Kier alpha value is -2.36. The van der Waals surface area contributed by atoms with E-state index in [0.717, 1.165) is 27.1 Å². The van der Waals surface area contributed by atoms with Crippen molar-refractivity contribution in [2.75, 3.05) is 0 Å². The fraction of sp³-hybridized carbons (Fsp3) is 0. The van der Waals surface area contributed by atoms with E-state index in [2.05, 4.69) is 0 Å². The van der Waals surface area contributed by atoms with Gasteiger partial charge in [-0.15, -0.1) is 0 Å². The van der Waals surface area contributed by atoms with Crippen molar-refractivity contribution in [1.82, 2.24) is 0 Å². The van der Waals surface area contributed by atoms with Gasteiger partial charge in [0.1, 0.15) is 0 Å². The van der Waals surface area contributed by atoms with Gasteiger partial charge in [-0.2, -0.15) is 0 Å². The molecule has 118 valence electrons. The third-order valence-corrected chi connectivity index (χ3v) is 5.58. The third kappa shape index (κ3) is 2.46. The molecule has 24 heavy (non-hydrogen) atoms. The number of benzene rings is 4. The van der Waals surface area contributed by atoms with Crippen molar-refractivity contribution in [2.45, 2.75) is 4.90 Å². The molecule has 0 heterocycles. The summed E-state index contributed by atoms with van der Waals surface area (Å²) >= 11 is 0. The zero-order valence-electron chi connectivity index (χ0n) is 12.6. The summed E-state index contributed by atoms with van der Waals surface area (Å²) < 4.78 is 24.3. The highest BCUT2D eigenvalue weighted by molar-refractivity contribution is 8.13. The summed E-state index contributed by atoms with van der Waals surface area (Å²) in [4.78, 5) is 0.138. The van der Waals surface area contributed by atoms with E-state index in [9.17, 15) is 8.42 Å². The quantitative estimate of drug-likeness (QED) is 0.441. The highest BCUT2D eigenvalue weighted by Gasteiger charge is 2.20. The Labute approximate surface area is 144 Å². The first-order valence-electron chi connectivity index (χ1n) is 7.50. The van der Waals surface area contributed by atoms with E-state index in [1.54, 1.807) is 12.1 Å². The molecule has 0 aliphatic rings. The topological polar surface area (TPSA) is 34.1 Å². The van der Waals surface area contributed by atoms with Gasteiger partial charge in [-0.3, -0.25) is 0 Å².